The maximum atomic E-state index is 10.6. The average molecular weight is 160 g/mol. The number of rotatable bonds is 4. The standard InChI is InChI=1S/C8H16O3/c1-4-6(7(9)10)8(3,11)5-2/h6,11H,4-5H2,1-3H3,(H,9,10). The van der Waals surface area contributed by atoms with Gasteiger partial charge in [0.2, 0.25) is 0 Å². The lowest BCUT2D eigenvalue weighted by atomic mass is 9.85. The average Bonchev–Trinajstić information content (AvgIpc) is 1.88. The molecule has 0 aliphatic carbocycles. The number of carboxylic acid groups (broad SMARTS) is 1. The van der Waals surface area contributed by atoms with Crippen LogP contribution >= 0.6 is 0 Å². The highest BCUT2D eigenvalue weighted by atomic mass is 16.4. The predicted molar refractivity (Wildman–Crippen MR) is 42.3 cm³/mol. The van der Waals surface area contributed by atoms with Gasteiger partial charge >= 0.3 is 5.97 Å². The van der Waals surface area contributed by atoms with Crippen molar-refractivity contribution < 1.29 is 15.0 Å². The summed E-state index contributed by atoms with van der Waals surface area (Å²) in [4.78, 5) is 10.6. The monoisotopic (exact) mass is 160 g/mol. The summed E-state index contributed by atoms with van der Waals surface area (Å²) >= 11 is 0. The van der Waals surface area contributed by atoms with Crippen LogP contribution in [0.15, 0.2) is 0 Å². The van der Waals surface area contributed by atoms with Gasteiger partial charge < -0.3 is 10.2 Å². The predicted octanol–water partition coefficient (Wildman–Crippen LogP) is 1.26. The Morgan fingerprint density at radius 2 is 2.00 bits per heavy atom. The molecule has 0 saturated heterocycles. The molecule has 0 spiro atoms. The van der Waals surface area contributed by atoms with E-state index in [0.29, 0.717) is 12.8 Å². The van der Waals surface area contributed by atoms with Gasteiger partial charge in [0, 0.05) is 0 Å². The second-order valence-electron chi connectivity index (χ2n) is 3.01. The Balaban J connectivity index is 4.36. The van der Waals surface area contributed by atoms with Gasteiger partial charge in [-0.1, -0.05) is 13.8 Å². The van der Waals surface area contributed by atoms with Crippen molar-refractivity contribution in [3.63, 3.8) is 0 Å². The summed E-state index contributed by atoms with van der Waals surface area (Å²) in [6.45, 7) is 5.11. The van der Waals surface area contributed by atoms with E-state index in [9.17, 15) is 9.90 Å². The molecule has 0 bridgehead atoms. The van der Waals surface area contributed by atoms with Gasteiger partial charge in [0.25, 0.3) is 0 Å². The zero-order chi connectivity index (χ0) is 9.07. The largest absolute Gasteiger partial charge is 0.481 e. The molecule has 0 rings (SSSR count). The molecule has 0 aliphatic rings. The third kappa shape index (κ3) is 2.50. The Kier molecular flexibility index (Phi) is 3.52. The van der Waals surface area contributed by atoms with Gasteiger partial charge in [0.15, 0.2) is 0 Å². The van der Waals surface area contributed by atoms with Crippen LogP contribution < -0.4 is 0 Å². The molecule has 0 saturated carbocycles. The summed E-state index contributed by atoms with van der Waals surface area (Å²) in [5.74, 6) is -1.56. The summed E-state index contributed by atoms with van der Waals surface area (Å²) < 4.78 is 0. The van der Waals surface area contributed by atoms with Gasteiger partial charge in [0.1, 0.15) is 0 Å². The van der Waals surface area contributed by atoms with Crippen molar-refractivity contribution in [3.8, 4) is 0 Å². The summed E-state index contributed by atoms with van der Waals surface area (Å²) in [5, 5.41) is 18.3. The third-order valence-electron chi connectivity index (χ3n) is 2.17. The molecule has 0 aromatic heterocycles. The van der Waals surface area contributed by atoms with Crippen molar-refractivity contribution in [1.29, 1.82) is 0 Å². The maximum Gasteiger partial charge on any atom is 0.309 e. The van der Waals surface area contributed by atoms with E-state index in [1.807, 2.05) is 0 Å². The van der Waals surface area contributed by atoms with Crippen LogP contribution in [-0.2, 0) is 4.79 Å². The summed E-state index contributed by atoms with van der Waals surface area (Å²) in [5.41, 5.74) is -1.07. The highest BCUT2D eigenvalue weighted by Crippen LogP contribution is 2.23. The number of carboxylic acids is 1. The van der Waals surface area contributed by atoms with Crippen LogP contribution in [0, 0.1) is 5.92 Å². The second kappa shape index (κ2) is 3.72. The third-order valence-corrected chi connectivity index (χ3v) is 2.17. The molecule has 3 heteroatoms. The topological polar surface area (TPSA) is 57.5 Å². The molecule has 11 heavy (non-hydrogen) atoms. The molecule has 0 aliphatic heterocycles. The highest BCUT2D eigenvalue weighted by Gasteiger charge is 2.34. The molecule has 2 N–H and O–H groups in total. The van der Waals surface area contributed by atoms with Crippen LogP contribution in [0.5, 0.6) is 0 Å². The number of aliphatic hydroxyl groups is 1. The minimum atomic E-state index is -1.07. The molecule has 0 radical (unpaired) electrons. The lowest BCUT2D eigenvalue weighted by Crippen LogP contribution is -2.38. The van der Waals surface area contributed by atoms with Gasteiger partial charge in [0.05, 0.1) is 11.5 Å². The molecule has 3 nitrogen and oxygen atoms in total. The molecule has 0 amide bonds. The van der Waals surface area contributed by atoms with E-state index in [1.165, 1.54) is 0 Å². The highest BCUT2D eigenvalue weighted by molar-refractivity contribution is 5.71. The van der Waals surface area contributed by atoms with Gasteiger partial charge in [-0.05, 0) is 19.8 Å². The first-order chi connectivity index (χ1) is 4.95. The Labute approximate surface area is 67.0 Å². The van der Waals surface area contributed by atoms with Gasteiger partial charge in [-0.3, -0.25) is 4.79 Å². The van der Waals surface area contributed by atoms with Crippen molar-refractivity contribution in [2.45, 2.75) is 39.2 Å². The SMILES string of the molecule is CCC(C(=O)O)C(C)(O)CC. The van der Waals surface area contributed by atoms with Gasteiger partial charge in [-0.2, -0.15) is 0 Å². The van der Waals surface area contributed by atoms with E-state index in [1.54, 1.807) is 20.8 Å². The van der Waals surface area contributed by atoms with Crippen molar-refractivity contribution in [2.24, 2.45) is 5.92 Å². The number of hydrogen-bond donors (Lipinski definition) is 2. The molecule has 0 heterocycles. The lowest BCUT2D eigenvalue weighted by molar-refractivity contribution is -0.151. The zero-order valence-corrected chi connectivity index (χ0v) is 7.29. The fourth-order valence-electron chi connectivity index (χ4n) is 1.13. The molecule has 2 unspecified atom stereocenters. The van der Waals surface area contributed by atoms with E-state index in [2.05, 4.69) is 0 Å². The number of aliphatic carboxylic acids is 1. The molecular weight excluding hydrogens is 144 g/mol. The first-order valence-electron chi connectivity index (χ1n) is 3.90. The van der Waals surface area contributed by atoms with Crippen LogP contribution in [0.4, 0.5) is 0 Å². The smallest absolute Gasteiger partial charge is 0.309 e. The first kappa shape index (κ1) is 10.4. The molecule has 2 atom stereocenters. The number of carbonyl (C=O) groups is 1. The Morgan fingerprint density at radius 1 is 1.55 bits per heavy atom. The summed E-state index contributed by atoms with van der Waals surface area (Å²) in [6.07, 6.45) is 0.938. The first-order valence-corrected chi connectivity index (χ1v) is 3.90. The van der Waals surface area contributed by atoms with Gasteiger partial charge in [-0.15, -0.1) is 0 Å². The minimum Gasteiger partial charge on any atom is -0.481 e. The fourth-order valence-corrected chi connectivity index (χ4v) is 1.13. The summed E-state index contributed by atoms with van der Waals surface area (Å²) in [6, 6.07) is 0. The molecular formula is C8H16O3. The maximum absolute atomic E-state index is 10.6. The molecule has 66 valence electrons. The lowest BCUT2D eigenvalue weighted by Gasteiger charge is -2.27. The quantitative estimate of drug-likeness (QED) is 0.651. The minimum absolute atomic E-state index is 0.468. The Morgan fingerprint density at radius 3 is 2.09 bits per heavy atom. The summed E-state index contributed by atoms with van der Waals surface area (Å²) in [7, 11) is 0. The van der Waals surface area contributed by atoms with Crippen molar-refractivity contribution in [2.75, 3.05) is 0 Å². The van der Waals surface area contributed by atoms with E-state index >= 15 is 0 Å². The van der Waals surface area contributed by atoms with E-state index < -0.39 is 17.5 Å². The van der Waals surface area contributed by atoms with E-state index in [4.69, 9.17) is 5.11 Å². The van der Waals surface area contributed by atoms with Crippen molar-refractivity contribution in [3.05, 3.63) is 0 Å². The normalized spacial score (nSPS) is 18.9. The van der Waals surface area contributed by atoms with E-state index in [-0.39, 0.29) is 0 Å². The van der Waals surface area contributed by atoms with Crippen LogP contribution in [0.2, 0.25) is 0 Å². The molecule has 0 fully saturated rings. The Bertz CT molecular complexity index is 140. The van der Waals surface area contributed by atoms with Crippen molar-refractivity contribution >= 4 is 5.97 Å². The van der Waals surface area contributed by atoms with E-state index in [0.717, 1.165) is 0 Å². The second-order valence-corrected chi connectivity index (χ2v) is 3.01. The number of hydrogen-bond acceptors (Lipinski definition) is 2. The van der Waals surface area contributed by atoms with Gasteiger partial charge in [-0.25, -0.2) is 0 Å². The fraction of sp³-hybridized carbons (Fsp3) is 0.875. The van der Waals surface area contributed by atoms with Crippen LogP contribution in [0.25, 0.3) is 0 Å². The zero-order valence-electron chi connectivity index (χ0n) is 7.29. The Hall–Kier alpha value is -0.570. The van der Waals surface area contributed by atoms with Crippen LogP contribution in [-0.4, -0.2) is 21.8 Å². The van der Waals surface area contributed by atoms with Crippen molar-refractivity contribution in [1.82, 2.24) is 0 Å². The molecule has 0 aromatic carbocycles. The van der Waals surface area contributed by atoms with Crippen LogP contribution in [0.1, 0.15) is 33.6 Å². The molecule has 0 aromatic rings. The van der Waals surface area contributed by atoms with Crippen LogP contribution in [0.3, 0.4) is 0 Å².